The molecule has 2 bridgehead atoms. The van der Waals surface area contributed by atoms with E-state index in [9.17, 15) is 9.59 Å². The summed E-state index contributed by atoms with van der Waals surface area (Å²) in [5.74, 6) is -0.0815. The van der Waals surface area contributed by atoms with Crippen LogP contribution in [-0.2, 0) is 14.3 Å². The zero-order chi connectivity index (χ0) is 17.3. The van der Waals surface area contributed by atoms with Gasteiger partial charge in [-0.05, 0) is 18.2 Å². The summed E-state index contributed by atoms with van der Waals surface area (Å²) in [6, 6.07) is 4.70. The third-order valence-electron chi connectivity index (χ3n) is 4.34. The first-order valence-electron chi connectivity index (χ1n) is 7.65. The Morgan fingerprint density at radius 1 is 1.33 bits per heavy atom. The smallest absolute Gasteiger partial charge is 0.260 e. The molecule has 1 aromatic rings. The lowest BCUT2D eigenvalue weighted by atomic mass is 10.1. The monoisotopic (exact) mass is 372 g/mol. The topological polar surface area (TPSA) is 59.1 Å². The van der Waals surface area contributed by atoms with Crippen molar-refractivity contribution in [2.45, 2.75) is 6.04 Å². The van der Waals surface area contributed by atoms with Gasteiger partial charge < -0.3 is 19.3 Å². The number of amides is 2. The Bertz CT molecular complexity index is 655. The van der Waals surface area contributed by atoms with Gasteiger partial charge in [-0.3, -0.25) is 9.59 Å². The van der Waals surface area contributed by atoms with Crippen LogP contribution in [0, 0.1) is 5.92 Å². The third-order valence-corrected chi connectivity index (χ3v) is 4.87. The number of hydrogen-bond donors (Lipinski definition) is 0. The van der Waals surface area contributed by atoms with Crippen molar-refractivity contribution in [3.05, 3.63) is 28.2 Å². The molecule has 24 heavy (non-hydrogen) atoms. The van der Waals surface area contributed by atoms with Gasteiger partial charge in [0.05, 0.1) is 30.2 Å². The van der Waals surface area contributed by atoms with Crippen molar-refractivity contribution in [3.8, 4) is 5.75 Å². The van der Waals surface area contributed by atoms with E-state index in [2.05, 4.69) is 0 Å². The molecular formula is C16H18Cl2N2O4. The van der Waals surface area contributed by atoms with Gasteiger partial charge in [0, 0.05) is 25.2 Å². The summed E-state index contributed by atoms with van der Waals surface area (Å²) in [6.45, 7) is 1.42. The normalized spacial score (nSPS) is 23.9. The molecule has 2 amide bonds. The first-order chi connectivity index (χ1) is 11.5. The molecule has 130 valence electrons. The van der Waals surface area contributed by atoms with Crippen molar-refractivity contribution in [3.63, 3.8) is 0 Å². The van der Waals surface area contributed by atoms with Gasteiger partial charge in [-0.25, -0.2) is 0 Å². The van der Waals surface area contributed by atoms with Crippen LogP contribution in [0.15, 0.2) is 18.2 Å². The predicted octanol–water partition coefficient (Wildman–Crippen LogP) is 1.69. The molecule has 0 aromatic heterocycles. The highest BCUT2D eigenvalue weighted by Crippen LogP contribution is 2.27. The number of likely N-dealkylation sites (N-methyl/N-ethyl adjacent to an activating group) is 1. The fourth-order valence-electron chi connectivity index (χ4n) is 2.92. The molecular weight excluding hydrogens is 355 g/mol. The largest absolute Gasteiger partial charge is 0.482 e. The van der Waals surface area contributed by atoms with Crippen LogP contribution in [0.1, 0.15) is 0 Å². The molecule has 0 saturated carbocycles. The average Bonchev–Trinajstić information content (AvgIpc) is 2.71. The molecule has 0 N–H and O–H groups in total. The second-order valence-corrected chi connectivity index (χ2v) is 6.84. The van der Waals surface area contributed by atoms with E-state index in [1.54, 1.807) is 35.0 Å². The molecule has 0 radical (unpaired) electrons. The molecule has 0 spiro atoms. The van der Waals surface area contributed by atoms with Crippen molar-refractivity contribution >= 4 is 35.0 Å². The zero-order valence-corrected chi connectivity index (χ0v) is 14.7. The summed E-state index contributed by atoms with van der Waals surface area (Å²) in [7, 11) is 1.76. The Morgan fingerprint density at radius 3 is 2.88 bits per heavy atom. The summed E-state index contributed by atoms with van der Waals surface area (Å²) >= 11 is 11.9. The quantitative estimate of drug-likeness (QED) is 0.809. The summed E-state index contributed by atoms with van der Waals surface area (Å²) in [4.78, 5) is 28.2. The SMILES string of the molecule is CN1C(=O)[C@H]2COC[C@@H]1CN(C(=O)COc1ccc(Cl)cc1Cl)C2. The Morgan fingerprint density at radius 2 is 2.12 bits per heavy atom. The minimum absolute atomic E-state index is 0.0227. The molecule has 2 saturated heterocycles. The zero-order valence-electron chi connectivity index (χ0n) is 13.2. The van der Waals surface area contributed by atoms with Crippen LogP contribution < -0.4 is 4.74 Å². The molecule has 6 nitrogen and oxygen atoms in total. The minimum atomic E-state index is -0.328. The van der Waals surface area contributed by atoms with Gasteiger partial charge in [-0.2, -0.15) is 0 Å². The Kier molecular flexibility index (Phi) is 5.18. The summed E-state index contributed by atoms with van der Waals surface area (Å²) in [5.41, 5.74) is 0. The summed E-state index contributed by atoms with van der Waals surface area (Å²) in [5, 5.41) is 0.854. The maximum atomic E-state index is 12.5. The molecule has 1 aromatic carbocycles. The molecule has 2 atom stereocenters. The second kappa shape index (κ2) is 7.17. The number of halogens is 2. The number of rotatable bonds is 3. The van der Waals surface area contributed by atoms with E-state index in [0.29, 0.717) is 42.1 Å². The van der Waals surface area contributed by atoms with Crippen molar-refractivity contribution in [2.24, 2.45) is 5.92 Å². The van der Waals surface area contributed by atoms with Crippen molar-refractivity contribution in [2.75, 3.05) is 40.0 Å². The van der Waals surface area contributed by atoms with Crippen LogP contribution in [0.3, 0.4) is 0 Å². The fraction of sp³-hybridized carbons (Fsp3) is 0.500. The van der Waals surface area contributed by atoms with Crippen molar-refractivity contribution in [1.82, 2.24) is 9.80 Å². The lowest BCUT2D eigenvalue weighted by Crippen LogP contribution is -2.46. The summed E-state index contributed by atoms with van der Waals surface area (Å²) in [6.07, 6.45) is 0. The molecule has 2 aliphatic heterocycles. The van der Waals surface area contributed by atoms with Gasteiger partial charge in [-0.15, -0.1) is 0 Å². The molecule has 3 rings (SSSR count). The van der Waals surface area contributed by atoms with Crippen LogP contribution in [0.2, 0.25) is 10.0 Å². The van der Waals surface area contributed by atoms with Gasteiger partial charge >= 0.3 is 0 Å². The first kappa shape index (κ1) is 17.3. The van der Waals surface area contributed by atoms with E-state index in [-0.39, 0.29) is 30.4 Å². The van der Waals surface area contributed by atoms with E-state index in [1.807, 2.05) is 0 Å². The Labute approximate surface area is 150 Å². The van der Waals surface area contributed by atoms with E-state index >= 15 is 0 Å². The van der Waals surface area contributed by atoms with Crippen molar-refractivity contribution in [1.29, 1.82) is 0 Å². The molecule has 0 unspecified atom stereocenters. The number of fused-ring (bicyclic) bond motifs is 3. The van der Waals surface area contributed by atoms with E-state index in [0.717, 1.165) is 0 Å². The number of nitrogens with zero attached hydrogens (tertiary/aromatic N) is 2. The van der Waals surface area contributed by atoms with Gasteiger partial charge in [-0.1, -0.05) is 23.2 Å². The van der Waals surface area contributed by atoms with Gasteiger partial charge in [0.2, 0.25) is 5.91 Å². The summed E-state index contributed by atoms with van der Waals surface area (Å²) < 4.78 is 11.0. The maximum absolute atomic E-state index is 12.5. The average molecular weight is 373 g/mol. The highest BCUT2D eigenvalue weighted by Gasteiger charge is 2.38. The Balaban J connectivity index is 1.66. The lowest BCUT2D eigenvalue weighted by molar-refractivity contribution is -0.135. The fourth-order valence-corrected chi connectivity index (χ4v) is 3.39. The highest BCUT2D eigenvalue weighted by molar-refractivity contribution is 6.35. The van der Waals surface area contributed by atoms with Crippen molar-refractivity contribution < 1.29 is 19.1 Å². The van der Waals surface area contributed by atoms with Gasteiger partial charge in [0.25, 0.3) is 5.91 Å². The molecule has 2 fully saturated rings. The number of carbonyl (C=O) groups is 2. The van der Waals surface area contributed by atoms with Crippen LogP contribution in [-0.4, -0.2) is 67.6 Å². The van der Waals surface area contributed by atoms with Crippen LogP contribution in [0.4, 0.5) is 0 Å². The number of benzene rings is 1. The van der Waals surface area contributed by atoms with Gasteiger partial charge in [0.1, 0.15) is 5.75 Å². The third kappa shape index (κ3) is 3.61. The molecule has 0 aliphatic carbocycles. The Hall–Kier alpha value is -1.50. The van der Waals surface area contributed by atoms with E-state index in [1.165, 1.54) is 0 Å². The second-order valence-electron chi connectivity index (χ2n) is 6.00. The molecule has 8 heteroatoms. The lowest BCUT2D eigenvalue weighted by Gasteiger charge is -2.29. The number of carbonyl (C=O) groups excluding carboxylic acids is 2. The predicted molar refractivity (Wildman–Crippen MR) is 89.4 cm³/mol. The standard InChI is InChI=1S/C16H18Cl2N2O4/c1-19-12-6-20(5-10(16(19)22)7-23-8-12)15(21)9-24-14-3-2-11(17)4-13(14)18/h2-4,10,12H,5-9H2,1H3/t10-,12+/m1/s1. The molecule has 2 aliphatic rings. The number of ether oxygens (including phenoxy) is 2. The number of hydrogen-bond acceptors (Lipinski definition) is 4. The maximum Gasteiger partial charge on any atom is 0.260 e. The highest BCUT2D eigenvalue weighted by atomic mass is 35.5. The minimum Gasteiger partial charge on any atom is -0.482 e. The van der Waals surface area contributed by atoms with Crippen LogP contribution in [0.25, 0.3) is 0 Å². The van der Waals surface area contributed by atoms with E-state index < -0.39 is 0 Å². The van der Waals surface area contributed by atoms with Crippen LogP contribution >= 0.6 is 23.2 Å². The van der Waals surface area contributed by atoms with E-state index in [4.69, 9.17) is 32.7 Å². The molecule has 2 heterocycles. The van der Waals surface area contributed by atoms with Gasteiger partial charge in [0.15, 0.2) is 6.61 Å². The first-order valence-corrected chi connectivity index (χ1v) is 8.41. The van der Waals surface area contributed by atoms with Crippen LogP contribution in [0.5, 0.6) is 5.75 Å².